The minimum absolute atomic E-state index is 0.146. The number of nitrogens with zero attached hydrogens (tertiary/aromatic N) is 1. The van der Waals surface area contributed by atoms with Gasteiger partial charge in [-0.3, -0.25) is 0 Å². The largest absolute Gasteiger partial charge is 0.478 e. The number of thiazole rings is 1. The molecular weight excluding hydrogens is 358 g/mol. The van der Waals surface area contributed by atoms with Crippen LogP contribution in [0.25, 0.3) is 0 Å². The third-order valence-electron chi connectivity index (χ3n) is 2.56. The molecule has 0 atom stereocenters. The molecule has 0 saturated heterocycles. The maximum absolute atomic E-state index is 11.8. The summed E-state index contributed by atoms with van der Waals surface area (Å²) in [4.78, 5) is 27.7. The second-order valence-corrected chi connectivity index (χ2v) is 6.33. The summed E-state index contributed by atoms with van der Waals surface area (Å²) < 4.78 is 0.506. The highest BCUT2D eigenvalue weighted by atomic mass is 79.9. The van der Waals surface area contributed by atoms with Gasteiger partial charge in [-0.2, -0.15) is 0 Å². The molecule has 2 aromatic rings. The van der Waals surface area contributed by atoms with Crippen molar-refractivity contribution in [3.8, 4) is 0 Å². The highest BCUT2D eigenvalue weighted by molar-refractivity contribution is 9.10. The Morgan fingerprint density at radius 3 is 2.76 bits per heavy atom. The smallest absolute Gasteiger partial charge is 0.335 e. The lowest BCUT2D eigenvalue weighted by Gasteiger charge is -2.09. The first-order valence-corrected chi connectivity index (χ1v) is 7.55. The van der Waals surface area contributed by atoms with Gasteiger partial charge in [0.15, 0.2) is 0 Å². The lowest BCUT2D eigenvalue weighted by Crippen LogP contribution is -2.28. The quantitative estimate of drug-likeness (QED) is 0.771. The van der Waals surface area contributed by atoms with Crippen LogP contribution in [0.5, 0.6) is 0 Å². The van der Waals surface area contributed by atoms with Crippen molar-refractivity contribution in [2.24, 2.45) is 0 Å². The Kier molecular flexibility index (Phi) is 4.92. The number of anilines is 1. The van der Waals surface area contributed by atoms with Gasteiger partial charge in [-0.1, -0.05) is 0 Å². The van der Waals surface area contributed by atoms with Crippen molar-refractivity contribution in [1.82, 2.24) is 10.3 Å². The van der Waals surface area contributed by atoms with E-state index >= 15 is 0 Å². The van der Waals surface area contributed by atoms with Gasteiger partial charge in [-0.05, 0) is 41.1 Å². The number of carbonyl (C=O) groups excluding carboxylic acids is 1. The van der Waals surface area contributed by atoms with E-state index in [1.807, 2.05) is 6.92 Å². The van der Waals surface area contributed by atoms with Crippen LogP contribution >= 0.6 is 27.3 Å². The van der Waals surface area contributed by atoms with Gasteiger partial charge in [0, 0.05) is 15.5 Å². The molecule has 6 nitrogen and oxygen atoms in total. The van der Waals surface area contributed by atoms with Gasteiger partial charge >= 0.3 is 12.0 Å². The van der Waals surface area contributed by atoms with Crippen molar-refractivity contribution in [2.45, 2.75) is 13.5 Å². The number of carboxylic acids is 1. The molecule has 21 heavy (non-hydrogen) atoms. The van der Waals surface area contributed by atoms with Crippen LogP contribution in [0.4, 0.5) is 10.5 Å². The van der Waals surface area contributed by atoms with Gasteiger partial charge in [-0.25, -0.2) is 14.6 Å². The molecule has 8 heteroatoms. The predicted octanol–water partition coefficient (Wildman–Crippen LogP) is 3.23. The molecular formula is C13H12BrN3O3S. The zero-order valence-corrected chi connectivity index (χ0v) is 13.4. The van der Waals surface area contributed by atoms with E-state index in [-0.39, 0.29) is 11.6 Å². The van der Waals surface area contributed by atoms with Gasteiger partial charge in [0.2, 0.25) is 0 Å². The van der Waals surface area contributed by atoms with E-state index in [1.54, 1.807) is 6.20 Å². The summed E-state index contributed by atoms with van der Waals surface area (Å²) in [5.74, 6) is -1.02. The van der Waals surface area contributed by atoms with Crippen molar-refractivity contribution >= 4 is 45.0 Å². The third-order valence-corrected chi connectivity index (χ3v) is 4.13. The normalized spacial score (nSPS) is 10.2. The van der Waals surface area contributed by atoms with Crippen LogP contribution in [0.15, 0.2) is 28.9 Å². The Labute approximate surface area is 133 Å². The van der Waals surface area contributed by atoms with Gasteiger partial charge in [0.25, 0.3) is 0 Å². The number of aryl methyl sites for hydroxylation is 1. The fourth-order valence-corrected chi connectivity index (χ4v) is 2.78. The number of halogens is 1. The molecule has 2 rings (SSSR count). The van der Waals surface area contributed by atoms with Crippen molar-refractivity contribution in [2.75, 3.05) is 5.32 Å². The first kappa shape index (κ1) is 15.5. The molecule has 3 N–H and O–H groups in total. The first-order valence-electron chi connectivity index (χ1n) is 5.94. The summed E-state index contributed by atoms with van der Waals surface area (Å²) in [6.07, 6.45) is 1.72. The van der Waals surface area contributed by atoms with Crippen molar-refractivity contribution < 1.29 is 14.7 Å². The number of amides is 2. The summed E-state index contributed by atoms with van der Waals surface area (Å²) in [5, 5.41) is 15.2. The minimum atomic E-state index is -1.02. The van der Waals surface area contributed by atoms with Crippen LogP contribution in [-0.4, -0.2) is 22.1 Å². The average Bonchev–Trinajstić information content (AvgIpc) is 2.84. The molecule has 0 fully saturated rings. The lowest BCUT2D eigenvalue weighted by atomic mass is 10.2. The summed E-state index contributed by atoms with van der Waals surface area (Å²) >= 11 is 4.75. The molecule has 0 unspecified atom stereocenters. The molecule has 0 spiro atoms. The molecule has 0 aliphatic heterocycles. The van der Waals surface area contributed by atoms with Crippen molar-refractivity contribution in [1.29, 1.82) is 0 Å². The lowest BCUT2D eigenvalue weighted by molar-refractivity contribution is 0.0697. The van der Waals surface area contributed by atoms with Gasteiger partial charge in [0.05, 0.1) is 22.8 Å². The summed E-state index contributed by atoms with van der Waals surface area (Å²) in [5.41, 5.74) is 0.644. The number of carbonyl (C=O) groups is 2. The molecule has 0 aliphatic rings. The topological polar surface area (TPSA) is 91.3 Å². The molecule has 0 aliphatic carbocycles. The van der Waals surface area contributed by atoms with Crippen LogP contribution in [-0.2, 0) is 6.54 Å². The van der Waals surface area contributed by atoms with Crippen LogP contribution in [0.1, 0.15) is 20.2 Å². The Hall–Kier alpha value is -1.93. The Bertz CT molecular complexity index is 687. The summed E-state index contributed by atoms with van der Waals surface area (Å²) in [7, 11) is 0. The fourth-order valence-electron chi connectivity index (χ4n) is 1.57. The summed E-state index contributed by atoms with van der Waals surface area (Å²) in [6, 6.07) is 4.02. The molecule has 0 radical (unpaired) electrons. The van der Waals surface area contributed by atoms with E-state index in [1.165, 1.54) is 29.5 Å². The SMILES string of the molecule is Cc1ncc(CNC(=O)Nc2ccc(C(=O)O)cc2Br)s1. The fraction of sp³-hybridized carbons (Fsp3) is 0.154. The van der Waals surface area contributed by atoms with Gasteiger partial charge < -0.3 is 15.7 Å². The number of aromatic carboxylic acids is 1. The van der Waals surface area contributed by atoms with Crippen LogP contribution in [0.3, 0.4) is 0 Å². The number of nitrogens with one attached hydrogen (secondary N) is 2. The second-order valence-electron chi connectivity index (χ2n) is 4.15. The zero-order chi connectivity index (χ0) is 15.4. The van der Waals surface area contributed by atoms with E-state index in [2.05, 4.69) is 31.5 Å². The molecule has 1 aromatic carbocycles. The van der Waals surface area contributed by atoms with Gasteiger partial charge in [0.1, 0.15) is 0 Å². The van der Waals surface area contributed by atoms with Gasteiger partial charge in [-0.15, -0.1) is 11.3 Å². The monoisotopic (exact) mass is 369 g/mol. The first-order chi connectivity index (χ1) is 9.95. The standard InChI is InChI=1S/C13H12BrN3O3S/c1-7-15-5-9(21-7)6-16-13(20)17-11-3-2-8(12(18)19)4-10(11)14/h2-5H,6H2,1H3,(H,18,19)(H2,16,17,20). The third kappa shape index (κ3) is 4.27. The molecule has 1 aromatic heterocycles. The van der Waals surface area contributed by atoms with E-state index in [9.17, 15) is 9.59 Å². The number of rotatable bonds is 4. The average molecular weight is 370 g/mol. The maximum Gasteiger partial charge on any atom is 0.335 e. The number of benzene rings is 1. The predicted molar refractivity (Wildman–Crippen MR) is 83.8 cm³/mol. The minimum Gasteiger partial charge on any atom is -0.478 e. The molecule has 0 bridgehead atoms. The van der Waals surface area contributed by atoms with E-state index < -0.39 is 5.97 Å². The number of carboxylic acid groups (broad SMARTS) is 1. The van der Waals surface area contributed by atoms with Crippen LogP contribution in [0, 0.1) is 6.92 Å². The highest BCUT2D eigenvalue weighted by Gasteiger charge is 2.09. The molecule has 0 saturated carbocycles. The van der Waals surface area contributed by atoms with Crippen LogP contribution in [0.2, 0.25) is 0 Å². The van der Waals surface area contributed by atoms with E-state index in [0.29, 0.717) is 16.7 Å². The second kappa shape index (κ2) is 6.68. The van der Waals surface area contributed by atoms with E-state index in [4.69, 9.17) is 5.11 Å². The summed E-state index contributed by atoms with van der Waals surface area (Å²) in [6.45, 7) is 2.29. The maximum atomic E-state index is 11.8. The Morgan fingerprint density at radius 2 is 2.19 bits per heavy atom. The molecule has 110 valence electrons. The zero-order valence-electron chi connectivity index (χ0n) is 11.0. The number of hydrogen-bond donors (Lipinski definition) is 3. The van der Waals surface area contributed by atoms with Crippen molar-refractivity contribution in [3.63, 3.8) is 0 Å². The van der Waals surface area contributed by atoms with Crippen molar-refractivity contribution in [3.05, 3.63) is 44.3 Å². The molecule has 1 heterocycles. The number of hydrogen-bond acceptors (Lipinski definition) is 4. The van der Waals surface area contributed by atoms with Crippen LogP contribution < -0.4 is 10.6 Å². The van der Waals surface area contributed by atoms with E-state index in [0.717, 1.165) is 9.88 Å². The Balaban J connectivity index is 1.94. The highest BCUT2D eigenvalue weighted by Crippen LogP contribution is 2.23. The number of urea groups is 1. The Morgan fingerprint density at radius 1 is 1.43 bits per heavy atom. The number of aromatic nitrogens is 1. The molecule has 2 amide bonds.